The summed E-state index contributed by atoms with van der Waals surface area (Å²) >= 11 is 0. The van der Waals surface area contributed by atoms with Crippen molar-refractivity contribution in [1.29, 1.82) is 0 Å². The lowest BCUT2D eigenvalue weighted by Crippen LogP contribution is -2.26. The second-order valence-electron chi connectivity index (χ2n) is 6.87. The van der Waals surface area contributed by atoms with Crippen LogP contribution in [-0.4, -0.2) is 53.3 Å². The molecule has 0 aliphatic rings. The quantitative estimate of drug-likeness (QED) is 0.241. The Morgan fingerprint density at radius 1 is 1.23 bits per heavy atom. The molecule has 6 N–H and O–H groups in total. The van der Waals surface area contributed by atoms with Gasteiger partial charge in [0.15, 0.2) is 23.1 Å². The van der Waals surface area contributed by atoms with Gasteiger partial charge >= 0.3 is 6.09 Å². The van der Waals surface area contributed by atoms with Crippen LogP contribution in [0.1, 0.15) is 5.56 Å². The molecule has 3 aromatic heterocycles. The highest BCUT2D eigenvalue weighted by Gasteiger charge is 2.23. The van der Waals surface area contributed by atoms with Crippen molar-refractivity contribution in [2.24, 2.45) is 0 Å². The van der Waals surface area contributed by atoms with Crippen molar-refractivity contribution in [2.75, 3.05) is 23.4 Å². The van der Waals surface area contributed by atoms with Crippen molar-refractivity contribution in [3.05, 3.63) is 63.8 Å². The summed E-state index contributed by atoms with van der Waals surface area (Å²) in [5, 5.41) is 27.5. The van der Waals surface area contributed by atoms with E-state index in [2.05, 4.69) is 20.1 Å². The van der Waals surface area contributed by atoms with Crippen LogP contribution in [0.25, 0.3) is 22.6 Å². The molecule has 0 spiro atoms. The number of anilines is 3. The number of hydrogen-bond acceptors (Lipinski definition) is 9. The van der Waals surface area contributed by atoms with Crippen molar-refractivity contribution in [2.45, 2.75) is 6.54 Å². The number of halogens is 2. The first-order valence-corrected chi connectivity index (χ1v) is 9.48. The van der Waals surface area contributed by atoms with E-state index in [1.165, 1.54) is 23.9 Å². The molecule has 35 heavy (non-hydrogen) atoms. The van der Waals surface area contributed by atoms with Gasteiger partial charge in [0.2, 0.25) is 0 Å². The predicted octanol–water partition coefficient (Wildman–Crippen LogP) is 2.15. The zero-order chi connectivity index (χ0) is 25.9. The van der Waals surface area contributed by atoms with E-state index < -0.39 is 22.8 Å². The highest BCUT2D eigenvalue weighted by molar-refractivity contribution is 5.95. The van der Waals surface area contributed by atoms with E-state index in [-0.39, 0.29) is 46.4 Å². The van der Waals surface area contributed by atoms with Crippen LogP contribution in [0.5, 0.6) is 0 Å². The first kappa shape index (κ1) is 24.5. The number of nitrogens with two attached hydrogens (primary N) is 2. The van der Waals surface area contributed by atoms with Crippen LogP contribution in [0.2, 0.25) is 0 Å². The minimum atomic E-state index is -1.50. The number of nitrogens with zero attached hydrogens (tertiary/aromatic N) is 7. The maximum Gasteiger partial charge on any atom is 0.411 e. The molecule has 0 radical (unpaired) electrons. The number of carboxylic acid groups (broad SMARTS) is 1. The molecule has 0 saturated carbocycles. The van der Waals surface area contributed by atoms with Gasteiger partial charge in [-0.1, -0.05) is 18.2 Å². The zero-order valence-electron chi connectivity index (χ0n) is 17.8. The number of benzene rings is 1. The molecule has 182 valence electrons. The first-order chi connectivity index (χ1) is 16.5. The molecule has 0 aliphatic heterocycles. The fourth-order valence-corrected chi connectivity index (χ4v) is 3.13. The van der Waals surface area contributed by atoms with Crippen LogP contribution in [0, 0.1) is 21.7 Å². The van der Waals surface area contributed by atoms with E-state index in [9.17, 15) is 18.7 Å². The number of carbonyl (C=O) groups is 1. The van der Waals surface area contributed by atoms with Crippen molar-refractivity contribution in [1.82, 2.24) is 24.7 Å². The summed E-state index contributed by atoms with van der Waals surface area (Å²) in [6, 6.07) is 7.34. The average Bonchev–Trinajstić information content (AvgIpc) is 3.11. The number of hydrogen-bond donors (Lipinski definition) is 4. The Kier molecular flexibility index (Phi) is 6.84. The van der Waals surface area contributed by atoms with Gasteiger partial charge in [0, 0.05) is 12.6 Å². The number of rotatable bonds is 4. The van der Waals surface area contributed by atoms with Gasteiger partial charge in [0.05, 0.1) is 18.1 Å². The van der Waals surface area contributed by atoms with Crippen LogP contribution in [-0.2, 0) is 6.54 Å². The second kappa shape index (κ2) is 9.77. The van der Waals surface area contributed by atoms with Gasteiger partial charge in [-0.25, -0.2) is 33.2 Å². The number of nitrogen functional groups attached to an aromatic ring is 2. The molecule has 4 aromatic rings. The fraction of sp³-hybridized carbons (Fsp3) is 0.105. The molecule has 0 bridgehead atoms. The van der Waals surface area contributed by atoms with Gasteiger partial charge in [0.1, 0.15) is 23.0 Å². The molecule has 1 aromatic carbocycles. The van der Waals surface area contributed by atoms with Gasteiger partial charge in [0.25, 0.3) is 5.09 Å². The van der Waals surface area contributed by atoms with Crippen molar-refractivity contribution < 1.29 is 29.0 Å². The molecular weight excluding hydrogens is 472 g/mol. The van der Waals surface area contributed by atoms with Gasteiger partial charge in [-0.3, -0.25) is 4.90 Å². The summed E-state index contributed by atoms with van der Waals surface area (Å²) in [5.41, 5.74) is 12.5. The topological polar surface area (TPSA) is 212 Å². The number of pyridine rings is 1. The number of aromatic nitrogens is 5. The molecule has 1 amide bonds. The zero-order valence-corrected chi connectivity index (χ0v) is 17.8. The van der Waals surface area contributed by atoms with Gasteiger partial charge in [-0.15, -0.1) is 10.1 Å². The Morgan fingerprint density at radius 3 is 2.40 bits per heavy atom. The third-order valence-electron chi connectivity index (χ3n) is 4.60. The molecular formula is C19H17F2N9O5. The Labute approximate surface area is 194 Å². The van der Waals surface area contributed by atoms with Crippen LogP contribution in [0.15, 0.2) is 36.5 Å². The van der Waals surface area contributed by atoms with E-state index in [0.717, 1.165) is 11.1 Å². The van der Waals surface area contributed by atoms with Gasteiger partial charge in [-0.05, 0) is 12.1 Å². The van der Waals surface area contributed by atoms with Crippen LogP contribution < -0.4 is 16.4 Å². The third kappa shape index (κ3) is 5.27. The summed E-state index contributed by atoms with van der Waals surface area (Å²) in [7, 11) is 1.24. The van der Waals surface area contributed by atoms with E-state index in [1.807, 2.05) is 0 Å². The van der Waals surface area contributed by atoms with E-state index in [1.54, 1.807) is 18.2 Å². The Morgan fingerprint density at radius 2 is 1.83 bits per heavy atom. The molecule has 3 heterocycles. The highest BCUT2D eigenvalue weighted by atomic mass is 19.1. The fourth-order valence-electron chi connectivity index (χ4n) is 3.13. The molecule has 0 unspecified atom stereocenters. The second-order valence-corrected chi connectivity index (χ2v) is 6.87. The minimum Gasteiger partial charge on any atom is -0.465 e. The van der Waals surface area contributed by atoms with E-state index >= 15 is 0 Å². The lowest BCUT2D eigenvalue weighted by molar-refractivity contribution is -0.742. The normalized spacial score (nSPS) is 10.5. The molecule has 0 saturated heterocycles. The molecule has 0 atom stereocenters. The molecule has 0 aliphatic carbocycles. The first-order valence-electron chi connectivity index (χ1n) is 9.48. The van der Waals surface area contributed by atoms with Crippen LogP contribution >= 0.6 is 0 Å². The maximum absolute atomic E-state index is 14.1. The van der Waals surface area contributed by atoms with Gasteiger partial charge < -0.3 is 21.8 Å². The summed E-state index contributed by atoms with van der Waals surface area (Å²) in [5.74, 6) is -1.51. The van der Waals surface area contributed by atoms with E-state index in [0.29, 0.717) is 5.56 Å². The molecule has 0 fully saturated rings. The van der Waals surface area contributed by atoms with Crippen LogP contribution in [0.4, 0.5) is 30.9 Å². The Bertz CT molecular complexity index is 1400. The summed E-state index contributed by atoms with van der Waals surface area (Å²) in [4.78, 5) is 32.7. The monoisotopic (exact) mass is 489 g/mol. The number of fused-ring (bicyclic) bond motifs is 1. The largest absolute Gasteiger partial charge is 0.465 e. The van der Waals surface area contributed by atoms with Crippen molar-refractivity contribution in [3.8, 4) is 11.5 Å². The molecule has 14 nitrogen and oxygen atoms in total. The summed E-state index contributed by atoms with van der Waals surface area (Å²) < 4.78 is 29.4. The molecule has 4 rings (SSSR count). The predicted molar refractivity (Wildman–Crippen MR) is 118 cm³/mol. The average molecular weight is 489 g/mol. The number of amides is 1. The van der Waals surface area contributed by atoms with Crippen LogP contribution in [0.3, 0.4) is 0 Å². The lowest BCUT2D eigenvalue weighted by Gasteiger charge is -2.16. The standard InChI is InChI=1S/C19H16F2N8O2.HNO3/c1-28(19(30)31)14-15(22)25-17(26-16(14)23)13-11-6-10(20)7-24-18(11)29(27-13)8-9-4-2-3-5-12(9)21;2-1(3)4/h2-7H,8H2,1H3,(H,30,31)(H4,22,23,25,26);(H,2,3,4). The third-order valence-corrected chi connectivity index (χ3v) is 4.60. The minimum absolute atomic E-state index is 0.0204. The van der Waals surface area contributed by atoms with Gasteiger partial charge in [-0.2, -0.15) is 5.10 Å². The lowest BCUT2D eigenvalue weighted by atomic mass is 10.2. The summed E-state index contributed by atoms with van der Waals surface area (Å²) in [6.07, 6.45) is -0.291. The Hall–Kier alpha value is -5.15. The van der Waals surface area contributed by atoms with Crippen molar-refractivity contribution in [3.63, 3.8) is 0 Å². The molecule has 16 heteroatoms. The van der Waals surface area contributed by atoms with E-state index in [4.69, 9.17) is 26.8 Å². The van der Waals surface area contributed by atoms with Crippen molar-refractivity contribution >= 4 is 34.4 Å². The summed E-state index contributed by atoms with van der Waals surface area (Å²) in [6.45, 7) is 0.0204. The SMILES string of the molecule is CN(C(=O)O)c1c(N)nc(-c2nn(Cc3ccccc3F)c3ncc(F)cc23)nc1N.O=[N+]([O-])O. The Balaban J connectivity index is 0.000000795. The maximum atomic E-state index is 14.1. The highest BCUT2D eigenvalue weighted by Crippen LogP contribution is 2.32. The smallest absolute Gasteiger partial charge is 0.411 e.